The summed E-state index contributed by atoms with van der Waals surface area (Å²) in [6, 6.07) is 5.85. The van der Waals surface area contributed by atoms with Crippen LogP contribution in [0.25, 0.3) is 0 Å². The average Bonchev–Trinajstić information content (AvgIpc) is 2.16. The molecule has 0 radical (unpaired) electrons. The van der Waals surface area contributed by atoms with Crippen LogP contribution in [-0.4, -0.2) is 9.13 Å². The Bertz CT molecular complexity index is 439. The molecule has 0 aliphatic rings. The quantitative estimate of drug-likeness (QED) is 0.611. The lowest BCUT2D eigenvalue weighted by atomic mass is 10.3. The first-order valence-electron chi connectivity index (χ1n) is 4.56. The fourth-order valence-corrected chi connectivity index (χ4v) is 1.24. The van der Waals surface area contributed by atoms with E-state index in [0.717, 1.165) is 11.3 Å². The van der Waals surface area contributed by atoms with Crippen LogP contribution in [-0.2, 0) is 14.1 Å². The number of nitrogens with zero attached hydrogens (tertiary/aromatic N) is 2. The molecule has 0 bridgehead atoms. The van der Waals surface area contributed by atoms with Gasteiger partial charge >= 0.3 is 5.69 Å². The summed E-state index contributed by atoms with van der Waals surface area (Å²) in [5.74, 6) is 0. The van der Waals surface area contributed by atoms with E-state index < -0.39 is 0 Å². The van der Waals surface area contributed by atoms with Gasteiger partial charge in [0, 0.05) is 26.0 Å². The van der Waals surface area contributed by atoms with Crippen molar-refractivity contribution in [2.75, 3.05) is 0 Å². The number of hydrogen-bond donors (Lipinski definition) is 0. The van der Waals surface area contributed by atoms with Gasteiger partial charge in [0.1, 0.15) is 0 Å². The van der Waals surface area contributed by atoms with Crippen molar-refractivity contribution >= 4 is 0 Å². The minimum atomic E-state index is -0.0261. The zero-order valence-electron chi connectivity index (χ0n) is 9.11. The van der Waals surface area contributed by atoms with Crippen LogP contribution in [0.3, 0.4) is 0 Å². The highest BCUT2D eigenvalue weighted by molar-refractivity contribution is 5.07. The van der Waals surface area contributed by atoms with Crippen molar-refractivity contribution in [1.82, 2.24) is 9.13 Å². The molecule has 0 aliphatic heterocycles. The van der Waals surface area contributed by atoms with Gasteiger partial charge < -0.3 is 9.13 Å². The molecule has 0 atom stereocenters. The maximum atomic E-state index is 11.7. The molecule has 0 saturated carbocycles. The fraction of sp³-hybridized carbons (Fsp3) is 0.364. The average molecular weight is 192 g/mol. The van der Waals surface area contributed by atoms with Crippen LogP contribution in [0.4, 0.5) is 0 Å². The van der Waals surface area contributed by atoms with E-state index in [0.29, 0.717) is 0 Å². The van der Waals surface area contributed by atoms with Crippen molar-refractivity contribution in [3.8, 4) is 0 Å². The van der Waals surface area contributed by atoms with Crippen LogP contribution in [0.1, 0.15) is 11.3 Å². The maximum Gasteiger partial charge on any atom is 0.327 e. The van der Waals surface area contributed by atoms with Crippen LogP contribution in [0.15, 0.2) is 29.2 Å². The SMILES string of the molecule is Cc1cccc(C)n(C)c(=O)n(C)c1. The Morgan fingerprint density at radius 2 is 1.79 bits per heavy atom. The molecular formula is C11H16N2O. The first-order chi connectivity index (χ1) is 6.52. The molecule has 1 aromatic rings. The topological polar surface area (TPSA) is 26.9 Å². The third-order valence-electron chi connectivity index (χ3n) is 2.21. The summed E-state index contributed by atoms with van der Waals surface area (Å²) in [5, 5.41) is 0. The maximum absolute atomic E-state index is 11.7. The van der Waals surface area contributed by atoms with Crippen molar-refractivity contribution in [2.45, 2.75) is 13.8 Å². The molecule has 76 valence electrons. The fourth-order valence-electron chi connectivity index (χ4n) is 1.24. The Labute approximate surface area is 83.9 Å². The second kappa shape index (κ2) is 4.13. The van der Waals surface area contributed by atoms with Gasteiger partial charge in [-0.05, 0) is 25.5 Å². The molecule has 0 saturated heterocycles. The number of aromatic nitrogens is 2. The highest BCUT2D eigenvalue weighted by Crippen LogP contribution is 1.92. The van der Waals surface area contributed by atoms with Crippen molar-refractivity contribution in [1.29, 1.82) is 0 Å². The van der Waals surface area contributed by atoms with E-state index in [-0.39, 0.29) is 5.69 Å². The van der Waals surface area contributed by atoms with Crippen molar-refractivity contribution < 1.29 is 0 Å². The molecule has 14 heavy (non-hydrogen) atoms. The number of hydrogen-bond acceptors (Lipinski definition) is 1. The molecule has 3 nitrogen and oxygen atoms in total. The van der Waals surface area contributed by atoms with Gasteiger partial charge in [-0.1, -0.05) is 12.1 Å². The Balaban J connectivity index is 3.73. The van der Waals surface area contributed by atoms with Crippen molar-refractivity contribution in [2.24, 2.45) is 14.1 Å². The van der Waals surface area contributed by atoms with E-state index in [1.807, 2.05) is 38.2 Å². The molecule has 0 spiro atoms. The summed E-state index contributed by atoms with van der Waals surface area (Å²) in [7, 11) is 3.53. The molecule has 0 amide bonds. The van der Waals surface area contributed by atoms with Gasteiger partial charge in [-0.2, -0.15) is 0 Å². The third-order valence-corrected chi connectivity index (χ3v) is 2.21. The van der Waals surface area contributed by atoms with Crippen molar-refractivity contribution in [3.05, 3.63) is 46.1 Å². The van der Waals surface area contributed by atoms with Crippen LogP contribution >= 0.6 is 0 Å². The summed E-state index contributed by atoms with van der Waals surface area (Å²) in [6.45, 7) is 3.88. The Morgan fingerprint density at radius 3 is 2.43 bits per heavy atom. The Hall–Kier alpha value is -1.51. The molecule has 0 aliphatic carbocycles. The smallest absolute Gasteiger partial charge is 0.304 e. The van der Waals surface area contributed by atoms with Gasteiger partial charge in [-0.3, -0.25) is 0 Å². The predicted molar refractivity (Wildman–Crippen MR) is 57.8 cm³/mol. The summed E-state index contributed by atoms with van der Waals surface area (Å²) in [6.07, 6.45) is 1.82. The van der Waals surface area contributed by atoms with Gasteiger partial charge in [0.15, 0.2) is 0 Å². The molecule has 1 heterocycles. The Kier molecular flexibility index (Phi) is 3.12. The molecule has 0 unspecified atom stereocenters. The second-order valence-electron chi connectivity index (χ2n) is 3.49. The molecule has 0 N–H and O–H groups in total. The second-order valence-corrected chi connectivity index (χ2v) is 3.49. The predicted octanol–water partition coefficient (Wildman–Crippen LogP) is 1.47. The lowest BCUT2D eigenvalue weighted by Gasteiger charge is -1.99. The molecule has 0 fully saturated rings. The van der Waals surface area contributed by atoms with Crippen LogP contribution in [0, 0.1) is 13.8 Å². The first kappa shape index (κ1) is 10.6. The monoisotopic (exact) mass is 192 g/mol. The van der Waals surface area contributed by atoms with E-state index in [9.17, 15) is 4.79 Å². The minimum absolute atomic E-state index is 0.0261. The number of rotatable bonds is 0. The van der Waals surface area contributed by atoms with E-state index in [1.54, 1.807) is 23.2 Å². The summed E-state index contributed by atoms with van der Waals surface area (Å²) in [4.78, 5) is 11.7. The third kappa shape index (κ3) is 2.25. The zero-order chi connectivity index (χ0) is 10.7. The lowest BCUT2D eigenvalue weighted by Crippen LogP contribution is -2.25. The minimum Gasteiger partial charge on any atom is -0.304 e. The molecular weight excluding hydrogens is 176 g/mol. The summed E-state index contributed by atoms with van der Waals surface area (Å²) >= 11 is 0. The summed E-state index contributed by atoms with van der Waals surface area (Å²) < 4.78 is 3.21. The highest BCUT2D eigenvalue weighted by Gasteiger charge is 1.91. The molecule has 1 rings (SSSR count). The molecule has 0 aromatic carbocycles. The number of aryl methyl sites for hydroxylation is 3. The van der Waals surface area contributed by atoms with Gasteiger partial charge in [0.05, 0.1) is 0 Å². The molecule has 3 heteroatoms. The lowest BCUT2D eigenvalue weighted by molar-refractivity contribution is 0.704. The van der Waals surface area contributed by atoms with Gasteiger partial charge in [-0.15, -0.1) is 0 Å². The summed E-state index contributed by atoms with van der Waals surface area (Å²) in [5.41, 5.74) is 1.96. The van der Waals surface area contributed by atoms with E-state index >= 15 is 0 Å². The van der Waals surface area contributed by atoms with E-state index in [4.69, 9.17) is 0 Å². The van der Waals surface area contributed by atoms with Gasteiger partial charge in [0.25, 0.3) is 0 Å². The van der Waals surface area contributed by atoms with E-state index in [1.165, 1.54) is 0 Å². The normalized spacial score (nSPS) is 9.71. The standard InChI is InChI=1S/C11H16N2O/c1-9-6-5-7-10(2)13(4)11(14)12(3)8-9/h5-8H,1-4H3. The van der Waals surface area contributed by atoms with Crippen molar-refractivity contribution in [3.63, 3.8) is 0 Å². The highest BCUT2D eigenvalue weighted by atomic mass is 16.1. The van der Waals surface area contributed by atoms with Crippen LogP contribution < -0.4 is 5.69 Å². The molecule has 1 aromatic heterocycles. The zero-order valence-corrected chi connectivity index (χ0v) is 9.11. The van der Waals surface area contributed by atoms with E-state index in [2.05, 4.69) is 0 Å². The van der Waals surface area contributed by atoms with Crippen LogP contribution in [0.5, 0.6) is 0 Å². The van der Waals surface area contributed by atoms with Crippen LogP contribution in [0.2, 0.25) is 0 Å². The van der Waals surface area contributed by atoms with Gasteiger partial charge in [-0.25, -0.2) is 4.79 Å². The Morgan fingerprint density at radius 1 is 1.14 bits per heavy atom. The first-order valence-corrected chi connectivity index (χ1v) is 4.56. The van der Waals surface area contributed by atoms with Gasteiger partial charge in [0.2, 0.25) is 0 Å². The largest absolute Gasteiger partial charge is 0.327 e.